The predicted molar refractivity (Wildman–Crippen MR) is 81.3 cm³/mol. The van der Waals surface area contributed by atoms with E-state index < -0.39 is 30.3 Å². The first-order chi connectivity index (χ1) is 11.1. The van der Waals surface area contributed by atoms with Crippen molar-refractivity contribution in [2.24, 2.45) is 0 Å². The minimum absolute atomic E-state index is 0.0822. The van der Waals surface area contributed by atoms with E-state index in [1.54, 1.807) is 13.0 Å². The molecule has 0 unspecified atom stereocenters. The monoisotopic (exact) mass is 363 g/mol. The molecule has 0 spiro atoms. The zero-order valence-corrected chi connectivity index (χ0v) is 14.2. The van der Waals surface area contributed by atoms with Crippen molar-refractivity contribution in [3.8, 4) is 0 Å². The van der Waals surface area contributed by atoms with Crippen LogP contribution in [0, 0.1) is 12.3 Å². The number of pyridine rings is 1. The van der Waals surface area contributed by atoms with E-state index in [1.165, 1.54) is 26.1 Å². The minimum atomic E-state index is -4.91. The van der Waals surface area contributed by atoms with Crippen LogP contribution in [0.25, 0.3) is 5.65 Å². The molecular weight excluding hydrogens is 346 g/mol. The van der Waals surface area contributed by atoms with Crippen LogP contribution < -0.4 is 10.8 Å². The Morgan fingerprint density at radius 3 is 2.33 bits per heavy atom. The van der Waals surface area contributed by atoms with Gasteiger partial charge in [0, 0.05) is 6.20 Å². The van der Waals surface area contributed by atoms with Gasteiger partial charge >= 0.3 is 13.8 Å². The Balaban J connectivity index is 2.95. The Morgan fingerprint density at radius 2 is 1.83 bits per heavy atom. The van der Waals surface area contributed by atoms with E-state index in [-0.39, 0.29) is 18.9 Å². The number of nitrogens with zero attached hydrogens (tertiary/aromatic N) is 2. The summed E-state index contributed by atoms with van der Waals surface area (Å²) in [5.74, 6) is 0. The van der Waals surface area contributed by atoms with Gasteiger partial charge in [0.25, 0.3) is 0 Å². The van der Waals surface area contributed by atoms with Crippen molar-refractivity contribution in [1.29, 1.82) is 5.41 Å². The maximum absolute atomic E-state index is 13.5. The number of aryl methyl sites for hydroxylation is 1. The highest BCUT2D eigenvalue weighted by Gasteiger charge is 2.44. The molecule has 2 rings (SSSR count). The number of nitrogens with one attached hydrogen (secondary N) is 1. The van der Waals surface area contributed by atoms with Gasteiger partial charge in [0.2, 0.25) is 0 Å². The number of hydrogen-bond donors (Lipinski definition) is 1. The molecule has 0 fully saturated rings. The summed E-state index contributed by atoms with van der Waals surface area (Å²) >= 11 is 0. The molecule has 2 aromatic heterocycles. The highest BCUT2D eigenvalue weighted by molar-refractivity contribution is 7.62. The van der Waals surface area contributed by atoms with Gasteiger partial charge in [-0.25, -0.2) is 4.98 Å². The van der Waals surface area contributed by atoms with E-state index >= 15 is 0 Å². The lowest BCUT2D eigenvalue weighted by Crippen LogP contribution is -2.39. The van der Waals surface area contributed by atoms with Crippen molar-refractivity contribution >= 4 is 18.5 Å². The number of halogens is 3. The van der Waals surface area contributed by atoms with Gasteiger partial charge in [-0.3, -0.25) is 14.4 Å². The lowest BCUT2D eigenvalue weighted by Gasteiger charge is -2.21. The maximum Gasteiger partial charge on any atom is 0.434 e. The number of aromatic nitrogens is 2. The molecule has 0 radical (unpaired) electrons. The van der Waals surface area contributed by atoms with Crippen molar-refractivity contribution in [3.05, 3.63) is 35.1 Å². The summed E-state index contributed by atoms with van der Waals surface area (Å²) in [6.07, 6.45) is -3.47. The van der Waals surface area contributed by atoms with Gasteiger partial charge in [-0.1, -0.05) is 6.07 Å². The molecule has 0 aliphatic rings. The average Bonchev–Trinajstić information content (AvgIpc) is 2.47. The smallest absolute Gasteiger partial charge is 0.305 e. The fourth-order valence-electron chi connectivity index (χ4n) is 2.23. The van der Waals surface area contributed by atoms with Gasteiger partial charge < -0.3 is 9.05 Å². The Kier molecular flexibility index (Phi) is 5.17. The quantitative estimate of drug-likeness (QED) is 0.829. The van der Waals surface area contributed by atoms with Crippen LogP contribution in [0.15, 0.2) is 18.3 Å². The van der Waals surface area contributed by atoms with Gasteiger partial charge in [0.15, 0.2) is 5.69 Å². The molecule has 2 heterocycles. The largest absolute Gasteiger partial charge is 0.434 e. The third-order valence-electron chi connectivity index (χ3n) is 3.13. The summed E-state index contributed by atoms with van der Waals surface area (Å²) in [4.78, 5) is 3.56. The van der Waals surface area contributed by atoms with E-state index in [0.29, 0.717) is 5.56 Å². The summed E-state index contributed by atoms with van der Waals surface area (Å²) in [7, 11) is -4.35. The number of fused-ring (bicyclic) bond motifs is 1. The van der Waals surface area contributed by atoms with E-state index in [4.69, 9.17) is 14.5 Å². The molecule has 0 atom stereocenters. The number of alkyl halides is 3. The SMILES string of the molecule is CCOP(=O)(OCC)c1c(C(F)(F)F)nc2ccc(C)cn2c1=N. The molecule has 0 saturated heterocycles. The zero-order valence-electron chi connectivity index (χ0n) is 13.3. The van der Waals surface area contributed by atoms with E-state index in [2.05, 4.69) is 4.98 Å². The number of hydrogen-bond acceptors (Lipinski definition) is 5. The molecule has 0 aliphatic carbocycles. The molecule has 0 saturated carbocycles. The summed E-state index contributed by atoms with van der Waals surface area (Å²) < 4.78 is 64.4. The van der Waals surface area contributed by atoms with Crippen molar-refractivity contribution < 1.29 is 26.8 Å². The fourth-order valence-corrected chi connectivity index (χ4v) is 4.04. The molecular formula is C14H17F3N3O3P. The fraction of sp³-hybridized carbons (Fsp3) is 0.429. The number of rotatable bonds is 5. The Morgan fingerprint density at radius 1 is 1.25 bits per heavy atom. The second kappa shape index (κ2) is 6.66. The van der Waals surface area contributed by atoms with Gasteiger partial charge in [-0.05, 0) is 32.4 Å². The van der Waals surface area contributed by atoms with Crippen LogP contribution >= 0.6 is 7.60 Å². The Bertz CT molecular complexity index is 854. The lowest BCUT2D eigenvalue weighted by atomic mass is 10.3. The third-order valence-corrected chi connectivity index (χ3v) is 5.30. The van der Waals surface area contributed by atoms with Crippen LogP contribution in [0.1, 0.15) is 25.1 Å². The van der Waals surface area contributed by atoms with Crippen LogP contribution in [0.3, 0.4) is 0 Å². The first-order valence-corrected chi connectivity index (χ1v) is 8.72. The second-order valence-electron chi connectivity index (χ2n) is 4.92. The van der Waals surface area contributed by atoms with E-state index in [1.807, 2.05) is 0 Å². The first kappa shape index (κ1) is 18.6. The Hall–Kier alpha value is -1.70. The Labute approximate surface area is 136 Å². The van der Waals surface area contributed by atoms with Crippen LogP contribution in [0.2, 0.25) is 0 Å². The first-order valence-electron chi connectivity index (χ1n) is 7.18. The summed E-state index contributed by atoms with van der Waals surface area (Å²) in [5.41, 5.74) is -1.43. The van der Waals surface area contributed by atoms with Crippen molar-refractivity contribution in [2.75, 3.05) is 13.2 Å². The summed E-state index contributed by atoms with van der Waals surface area (Å²) in [6.45, 7) is 4.41. The van der Waals surface area contributed by atoms with Gasteiger partial charge in [0.1, 0.15) is 16.4 Å². The van der Waals surface area contributed by atoms with E-state index in [9.17, 15) is 17.7 Å². The molecule has 2 aromatic rings. The standard InChI is InChI=1S/C14H17F3N3O3P/c1-4-22-24(21,23-5-2)11-12(14(15,16)17)19-10-7-6-9(3)8-20(10)13(11)18/h6-8,18H,4-5H2,1-3H3. The van der Waals surface area contributed by atoms with Gasteiger partial charge in [0.05, 0.1) is 13.2 Å². The predicted octanol–water partition coefficient (Wildman–Crippen LogP) is 3.03. The van der Waals surface area contributed by atoms with Crippen LogP contribution in [-0.4, -0.2) is 22.6 Å². The zero-order chi connectivity index (χ0) is 18.1. The van der Waals surface area contributed by atoms with Crippen molar-refractivity contribution in [2.45, 2.75) is 26.9 Å². The topological polar surface area (TPSA) is 76.7 Å². The molecule has 10 heteroatoms. The molecule has 0 bridgehead atoms. The molecule has 1 N–H and O–H groups in total. The van der Waals surface area contributed by atoms with Gasteiger partial charge in [-0.15, -0.1) is 0 Å². The van der Waals surface area contributed by atoms with Crippen LogP contribution in [0.4, 0.5) is 13.2 Å². The normalized spacial score (nSPS) is 12.8. The highest BCUT2D eigenvalue weighted by atomic mass is 31.2. The molecule has 132 valence electrons. The van der Waals surface area contributed by atoms with Crippen molar-refractivity contribution in [1.82, 2.24) is 9.38 Å². The lowest BCUT2D eigenvalue weighted by molar-refractivity contribution is -0.140. The van der Waals surface area contributed by atoms with Crippen LogP contribution in [-0.2, 0) is 19.8 Å². The van der Waals surface area contributed by atoms with Crippen molar-refractivity contribution in [3.63, 3.8) is 0 Å². The second-order valence-corrected chi connectivity index (χ2v) is 6.88. The average molecular weight is 363 g/mol. The van der Waals surface area contributed by atoms with E-state index in [0.717, 1.165) is 4.40 Å². The van der Waals surface area contributed by atoms with Crippen LogP contribution in [0.5, 0.6) is 0 Å². The molecule has 0 aromatic carbocycles. The molecule has 6 nitrogen and oxygen atoms in total. The molecule has 24 heavy (non-hydrogen) atoms. The van der Waals surface area contributed by atoms with Gasteiger partial charge in [-0.2, -0.15) is 13.2 Å². The summed E-state index contributed by atoms with van der Waals surface area (Å²) in [6, 6.07) is 2.94. The summed E-state index contributed by atoms with van der Waals surface area (Å²) in [5, 5.41) is 7.29. The minimum Gasteiger partial charge on any atom is -0.305 e. The third kappa shape index (κ3) is 3.38. The highest BCUT2D eigenvalue weighted by Crippen LogP contribution is 2.48. The maximum atomic E-state index is 13.5. The molecule has 0 amide bonds. The molecule has 0 aliphatic heterocycles.